The van der Waals surface area contributed by atoms with Gasteiger partial charge in [-0.05, 0) is 88.0 Å². The van der Waals surface area contributed by atoms with Gasteiger partial charge >= 0.3 is 5.97 Å². The third-order valence-electron chi connectivity index (χ3n) is 11.2. The highest BCUT2D eigenvalue weighted by Crippen LogP contribution is 2.39. The van der Waals surface area contributed by atoms with E-state index in [4.69, 9.17) is 31.4 Å². The Hall–Kier alpha value is -4.33. The Morgan fingerprint density at radius 3 is 1.60 bits per heavy atom. The quantitative estimate of drug-likeness (QED) is 0.0328. The van der Waals surface area contributed by atoms with Crippen LogP contribution < -0.4 is 58.0 Å². The van der Waals surface area contributed by atoms with Crippen LogP contribution in [0.15, 0.2) is 12.1 Å². The van der Waals surface area contributed by atoms with Crippen LogP contribution in [-0.2, 0) is 24.0 Å². The summed E-state index contributed by atoms with van der Waals surface area (Å²) in [4.78, 5) is 77.9. The maximum Gasteiger partial charge on any atom is 0.326 e. The molecule has 0 aromatic heterocycles. The molecule has 0 spiro atoms. The van der Waals surface area contributed by atoms with Crippen molar-refractivity contribution in [3.05, 3.63) is 17.7 Å². The summed E-state index contributed by atoms with van der Waals surface area (Å²) in [5.74, 6) is -2.82. The largest absolute Gasteiger partial charge is 0.489 e. The maximum atomic E-state index is 13.5. The van der Waals surface area contributed by atoms with Gasteiger partial charge in [0.2, 0.25) is 29.4 Å². The molecular weight excluding hydrogens is 881 g/mol. The molecule has 0 aliphatic carbocycles. The van der Waals surface area contributed by atoms with E-state index in [9.17, 15) is 33.9 Å². The van der Waals surface area contributed by atoms with Crippen LogP contribution in [0.25, 0.3) is 0 Å². The molecule has 0 saturated heterocycles. The molecule has 5 atom stereocenters. The molecule has 384 valence electrons. The molecule has 1 aromatic rings. The second-order valence-electron chi connectivity index (χ2n) is 17.9. The number of carboxylic acid groups (broad SMARTS) is 1. The molecule has 1 aromatic carbocycles. The highest BCUT2D eigenvalue weighted by molar-refractivity contribution is 7.80. The van der Waals surface area contributed by atoms with Crippen LogP contribution in [0, 0.1) is 17.8 Å². The molecule has 0 bridgehead atoms. The molecule has 0 unspecified atom stereocenters. The topological polar surface area (TPSA) is 289 Å². The van der Waals surface area contributed by atoms with E-state index in [-0.39, 0.29) is 48.2 Å². The first kappa shape index (κ1) is 60.7. The molecule has 5 amide bonds. The lowest BCUT2D eigenvalue weighted by Gasteiger charge is -2.30. The zero-order valence-electron chi connectivity index (χ0n) is 41.3. The van der Waals surface area contributed by atoms with Crippen molar-refractivity contribution in [3.8, 4) is 17.2 Å². The molecule has 1 rings (SSSR count). The van der Waals surface area contributed by atoms with Gasteiger partial charge in [0, 0.05) is 24.3 Å². The van der Waals surface area contributed by atoms with Gasteiger partial charge < -0.3 is 63.1 Å². The minimum Gasteiger partial charge on any atom is -0.489 e. The number of hydrogen-bond donors (Lipinski definition) is 10. The number of carboxylic acids is 1. The van der Waals surface area contributed by atoms with Crippen LogP contribution in [0.4, 0.5) is 0 Å². The third-order valence-corrected chi connectivity index (χ3v) is 11.5. The van der Waals surface area contributed by atoms with E-state index in [0.29, 0.717) is 101 Å². The summed E-state index contributed by atoms with van der Waals surface area (Å²) in [5.41, 5.74) is 17.4. The van der Waals surface area contributed by atoms with Crippen molar-refractivity contribution in [1.29, 1.82) is 0 Å². The smallest absolute Gasteiger partial charge is 0.326 e. The van der Waals surface area contributed by atoms with Crippen LogP contribution in [0.2, 0.25) is 0 Å². The number of amides is 5. The second kappa shape index (κ2) is 35.8. The number of nitrogens with two attached hydrogens (primary N) is 3. The van der Waals surface area contributed by atoms with Crippen LogP contribution in [-0.4, -0.2) is 117 Å². The van der Waals surface area contributed by atoms with E-state index in [1.165, 1.54) is 0 Å². The molecule has 18 nitrogen and oxygen atoms in total. The lowest BCUT2D eigenvalue weighted by atomic mass is 9.95. The van der Waals surface area contributed by atoms with Gasteiger partial charge in [-0.2, -0.15) is 12.6 Å². The van der Waals surface area contributed by atoms with E-state index < -0.39 is 47.9 Å². The zero-order chi connectivity index (χ0) is 50.1. The van der Waals surface area contributed by atoms with Gasteiger partial charge in [0.1, 0.15) is 24.2 Å². The van der Waals surface area contributed by atoms with Crippen molar-refractivity contribution in [2.45, 2.75) is 162 Å². The Balaban J connectivity index is 2.53. The van der Waals surface area contributed by atoms with E-state index in [1.807, 2.05) is 20.8 Å². The summed E-state index contributed by atoms with van der Waals surface area (Å²) in [6.07, 6.45) is 11.4. The summed E-state index contributed by atoms with van der Waals surface area (Å²) < 4.78 is 17.9. The van der Waals surface area contributed by atoms with Crippen molar-refractivity contribution in [2.75, 3.05) is 51.8 Å². The molecule has 0 saturated carbocycles. The lowest BCUT2D eigenvalue weighted by molar-refractivity contribution is -0.143. The normalized spacial score (nSPS) is 13.5. The number of ether oxygens (including phenoxy) is 3. The fraction of sp³-hybridized carbons (Fsp3) is 0.750. The number of thiol groups is 1. The van der Waals surface area contributed by atoms with Gasteiger partial charge in [-0.15, -0.1) is 0 Å². The van der Waals surface area contributed by atoms with E-state index >= 15 is 0 Å². The standard InChI is InChI=1S/C48H86N8O10S/c1-7-34(6)42(47(61)54-36(48(62)63)28-32(2)3)56-46(60)41(33(4)5)55-45(59)37(31-67)53-40(57)20-15-13-11-9-8-10-12-14-16-24-52-44(58)35-29-38(64-25-17-21-49)43(66-27-19-23-51)39(30-35)65-26-18-22-50/h29-30,32-34,36-37,41-42,67H,7-28,31,49-51H2,1-6H3,(H,52,58)(H,53,57)(H,54,61)(H,55,59)(H,56,60)(H,62,63)/t34-,36-,37-,41-,42-/m0/s1. The number of hydrogen-bond acceptors (Lipinski definition) is 13. The highest BCUT2D eigenvalue weighted by atomic mass is 32.1. The highest BCUT2D eigenvalue weighted by Gasteiger charge is 2.34. The SMILES string of the molecule is CC[C@H](C)[C@H](NC(=O)[C@@H](NC(=O)[C@H](CS)NC(=O)CCCCCCCCCCCNC(=O)c1cc(OCCCN)c(OCCCN)c(OCCCN)c1)C(C)C)C(=O)N[C@@H](CC(C)C)C(=O)O. The minimum atomic E-state index is -1.16. The van der Waals surface area contributed by atoms with Crippen LogP contribution in [0.5, 0.6) is 17.2 Å². The predicted molar refractivity (Wildman–Crippen MR) is 265 cm³/mol. The minimum absolute atomic E-state index is 0.0130. The lowest BCUT2D eigenvalue weighted by Crippen LogP contribution is -2.60. The molecule has 0 radical (unpaired) electrons. The fourth-order valence-corrected chi connectivity index (χ4v) is 7.21. The average molecular weight is 967 g/mol. The maximum absolute atomic E-state index is 13.5. The van der Waals surface area contributed by atoms with E-state index in [0.717, 1.165) is 51.4 Å². The first-order chi connectivity index (χ1) is 32.0. The molecule has 0 aliphatic heterocycles. The van der Waals surface area contributed by atoms with Crippen LogP contribution in [0.3, 0.4) is 0 Å². The average Bonchev–Trinajstić information content (AvgIpc) is 3.29. The number of benzene rings is 1. The predicted octanol–water partition coefficient (Wildman–Crippen LogP) is 4.20. The number of unbranched alkanes of at least 4 members (excludes halogenated alkanes) is 8. The third kappa shape index (κ3) is 25.0. The summed E-state index contributed by atoms with van der Waals surface area (Å²) in [6, 6.07) is -0.789. The van der Waals surface area contributed by atoms with E-state index in [1.54, 1.807) is 32.9 Å². The van der Waals surface area contributed by atoms with Gasteiger partial charge in [0.15, 0.2) is 11.5 Å². The van der Waals surface area contributed by atoms with Gasteiger partial charge in [-0.1, -0.05) is 92.9 Å². The fourth-order valence-electron chi connectivity index (χ4n) is 6.95. The van der Waals surface area contributed by atoms with Crippen molar-refractivity contribution < 1.29 is 48.1 Å². The summed E-state index contributed by atoms with van der Waals surface area (Å²) in [7, 11) is 0. The Morgan fingerprint density at radius 1 is 0.627 bits per heavy atom. The Morgan fingerprint density at radius 2 is 1.12 bits per heavy atom. The Labute approximate surface area is 405 Å². The molecule has 12 N–H and O–H groups in total. The van der Waals surface area contributed by atoms with Crippen molar-refractivity contribution in [2.24, 2.45) is 35.0 Å². The summed E-state index contributed by atoms with van der Waals surface area (Å²) in [5, 5.41) is 23.4. The number of aliphatic carboxylic acids is 1. The number of rotatable bonds is 39. The number of carbonyl (C=O) groups is 6. The van der Waals surface area contributed by atoms with Gasteiger partial charge in [-0.3, -0.25) is 24.0 Å². The van der Waals surface area contributed by atoms with Crippen molar-refractivity contribution >= 4 is 48.1 Å². The molecule has 0 aliphatic rings. The zero-order valence-corrected chi connectivity index (χ0v) is 42.2. The van der Waals surface area contributed by atoms with E-state index in [2.05, 4.69) is 39.2 Å². The molecule has 67 heavy (non-hydrogen) atoms. The Bertz CT molecular complexity index is 1590. The second-order valence-corrected chi connectivity index (χ2v) is 18.3. The molecule has 0 fully saturated rings. The first-order valence-electron chi connectivity index (χ1n) is 24.5. The molecule has 19 heteroatoms. The van der Waals surface area contributed by atoms with Crippen molar-refractivity contribution in [3.63, 3.8) is 0 Å². The monoisotopic (exact) mass is 967 g/mol. The number of nitrogens with one attached hydrogen (secondary N) is 5. The molecular formula is C48H86N8O10S. The van der Waals surface area contributed by atoms with Crippen molar-refractivity contribution in [1.82, 2.24) is 26.6 Å². The first-order valence-corrected chi connectivity index (χ1v) is 25.2. The summed E-state index contributed by atoms with van der Waals surface area (Å²) in [6.45, 7) is 13.9. The molecule has 0 heterocycles. The van der Waals surface area contributed by atoms with Crippen LogP contribution in [0.1, 0.15) is 148 Å². The van der Waals surface area contributed by atoms with Gasteiger partial charge in [0.05, 0.1) is 19.8 Å². The van der Waals surface area contributed by atoms with Gasteiger partial charge in [-0.25, -0.2) is 4.79 Å². The Kier molecular flexibility index (Phi) is 32.4. The van der Waals surface area contributed by atoms with Crippen LogP contribution >= 0.6 is 12.6 Å². The van der Waals surface area contributed by atoms with Gasteiger partial charge in [0.25, 0.3) is 5.91 Å². The summed E-state index contributed by atoms with van der Waals surface area (Å²) >= 11 is 4.28. The number of carbonyl (C=O) groups excluding carboxylic acids is 5.